The first kappa shape index (κ1) is 31.5. The summed E-state index contributed by atoms with van der Waals surface area (Å²) in [6.07, 6.45) is 4.92. The fourth-order valence-corrected chi connectivity index (χ4v) is 9.95. The van der Waals surface area contributed by atoms with Gasteiger partial charge in [-0.2, -0.15) is 8.78 Å². The Morgan fingerprint density at radius 2 is 1.67 bits per heavy atom. The highest BCUT2D eigenvalue weighted by molar-refractivity contribution is 7.02. The van der Waals surface area contributed by atoms with E-state index in [9.17, 15) is 41.8 Å². The topological polar surface area (TPSA) is 110 Å². The summed E-state index contributed by atoms with van der Waals surface area (Å²) < 4.78 is 57.0. The molecule has 0 bridgehead atoms. The highest BCUT2D eigenvalue weighted by Gasteiger charge is 2.52. The van der Waals surface area contributed by atoms with Gasteiger partial charge in [-0.25, -0.2) is 18.2 Å². The number of aromatic carboxylic acids is 1. The van der Waals surface area contributed by atoms with E-state index in [1.54, 1.807) is 42.1 Å². The number of carboxylic acid groups (broad SMARTS) is 1. The summed E-state index contributed by atoms with van der Waals surface area (Å²) in [5.74, 6) is -9.69. The molecule has 3 fully saturated rings. The molecular weight excluding hydrogens is 650 g/mol. The Kier molecular flexibility index (Phi) is 7.02. The maximum Gasteiger partial charge on any atom is 0.363 e. The predicted molar refractivity (Wildman–Crippen MR) is 166 cm³/mol. The van der Waals surface area contributed by atoms with Crippen LogP contribution in [0.2, 0.25) is 6.55 Å². The number of hydroxylamine groups is 2. The Morgan fingerprint density at radius 3 is 2.27 bits per heavy atom. The number of amides is 2. The molecule has 0 N–H and O–H groups in total. The molecule has 0 radical (unpaired) electrons. The first-order valence-corrected chi connectivity index (χ1v) is 17.7. The number of hydrogen-bond acceptors (Lipinski definition) is 7. The van der Waals surface area contributed by atoms with Gasteiger partial charge in [-0.1, -0.05) is 24.4 Å². The van der Waals surface area contributed by atoms with Gasteiger partial charge < -0.3 is 19.6 Å². The van der Waals surface area contributed by atoms with Crippen LogP contribution in [0, 0.1) is 0 Å². The molecule has 4 heterocycles. The van der Waals surface area contributed by atoms with Crippen molar-refractivity contribution in [1.29, 1.82) is 0 Å². The van der Waals surface area contributed by atoms with Crippen LogP contribution >= 0.6 is 0 Å². The lowest BCUT2D eigenvalue weighted by atomic mass is 9.86. The Bertz CT molecular complexity index is 1980. The van der Waals surface area contributed by atoms with E-state index in [4.69, 9.17) is 4.84 Å². The maximum absolute atomic E-state index is 13.9. The number of hydrogen-bond donors (Lipinski definition) is 0. The molecular formula is C34H27F4N3O6Si. The Morgan fingerprint density at radius 1 is 0.979 bits per heavy atom. The van der Waals surface area contributed by atoms with E-state index in [1.807, 2.05) is 6.55 Å². The molecule has 14 heteroatoms. The highest BCUT2D eigenvalue weighted by atomic mass is 28.3. The molecule has 1 aliphatic carbocycles. The van der Waals surface area contributed by atoms with Crippen molar-refractivity contribution in [3.8, 4) is 0 Å². The summed E-state index contributed by atoms with van der Waals surface area (Å²) in [5.41, 5.74) is 3.95. The van der Waals surface area contributed by atoms with Crippen molar-refractivity contribution in [2.45, 2.75) is 31.2 Å². The van der Waals surface area contributed by atoms with E-state index < -0.39 is 69.9 Å². The third-order valence-corrected chi connectivity index (χ3v) is 13.3. The molecule has 246 valence electrons. The van der Waals surface area contributed by atoms with Crippen molar-refractivity contribution in [2.75, 3.05) is 31.1 Å². The van der Waals surface area contributed by atoms with Crippen molar-refractivity contribution in [1.82, 2.24) is 5.06 Å². The smallest absolute Gasteiger partial charge is 0.363 e. The van der Waals surface area contributed by atoms with Gasteiger partial charge in [0.15, 0.2) is 5.71 Å². The third kappa shape index (κ3) is 5.02. The summed E-state index contributed by atoms with van der Waals surface area (Å²) in [7, 11) is -2.97. The second kappa shape index (κ2) is 10.7. The van der Waals surface area contributed by atoms with E-state index in [2.05, 4.69) is 6.58 Å². The summed E-state index contributed by atoms with van der Waals surface area (Å²) in [6, 6.07) is 8.77. The van der Waals surface area contributed by atoms with Gasteiger partial charge in [0.1, 0.15) is 8.07 Å². The second-order valence-corrected chi connectivity index (χ2v) is 16.6. The molecule has 1 unspecified atom stereocenters. The fourth-order valence-electron chi connectivity index (χ4n) is 6.79. The zero-order valence-corrected chi connectivity index (χ0v) is 26.5. The number of carbonyl (C=O) groups is 4. The van der Waals surface area contributed by atoms with Crippen LogP contribution in [0.15, 0.2) is 77.7 Å². The van der Waals surface area contributed by atoms with E-state index in [1.165, 1.54) is 21.6 Å². The first-order chi connectivity index (χ1) is 22.6. The van der Waals surface area contributed by atoms with Gasteiger partial charge in [0, 0.05) is 36.2 Å². The van der Waals surface area contributed by atoms with Crippen molar-refractivity contribution in [3.63, 3.8) is 0 Å². The maximum atomic E-state index is 13.9. The van der Waals surface area contributed by atoms with Gasteiger partial charge in [-0.05, 0) is 63.0 Å². The van der Waals surface area contributed by atoms with Crippen molar-refractivity contribution in [3.05, 3.63) is 99.9 Å². The molecule has 48 heavy (non-hydrogen) atoms. The quantitative estimate of drug-likeness (QED) is 0.200. The van der Waals surface area contributed by atoms with E-state index in [-0.39, 0.29) is 29.5 Å². The van der Waals surface area contributed by atoms with Crippen LogP contribution in [-0.2, 0) is 14.4 Å². The SMILES string of the molecule is C=C[Si]1(C)C2=CC(=[N+]3CC(F)(F)C3)C=CC2=C(c2cc(C(=O)ON3C(=O)CCC3=O)ccc2C(=O)[O-])c2ccc(N3CC(F)(F)C3)cc21. The van der Waals surface area contributed by atoms with Crippen LogP contribution in [0.25, 0.3) is 5.57 Å². The summed E-state index contributed by atoms with van der Waals surface area (Å²) in [4.78, 5) is 56.5. The predicted octanol–water partition coefficient (Wildman–Crippen LogP) is 2.69. The lowest BCUT2D eigenvalue weighted by molar-refractivity contribution is -0.638. The zero-order valence-electron chi connectivity index (χ0n) is 25.5. The van der Waals surface area contributed by atoms with Gasteiger partial charge in [0.05, 0.1) is 24.6 Å². The fraction of sp³-hybridized carbons (Fsp3) is 0.265. The third-order valence-electron chi connectivity index (χ3n) is 9.42. The number of carbonyl (C=O) groups excluding carboxylic acids is 4. The van der Waals surface area contributed by atoms with Crippen molar-refractivity contribution < 1.29 is 51.3 Å². The standard InChI is InChI=1S/C34H27F4N3O6Si/c1-3-48(2)26-13-20(39-15-33(35,36)16-39)5-8-23(26)30(24-9-6-21(14-27(24)48)40-17-34(37,38)18-40)25-12-19(4-7-22(25)31(44)45)32(46)47-41-28(42)10-11-29(41)43/h3-9,12-14H,1,10-11,15-18H2,2H3. The van der Waals surface area contributed by atoms with Crippen LogP contribution in [0.1, 0.15) is 44.7 Å². The van der Waals surface area contributed by atoms with Crippen LogP contribution in [0.4, 0.5) is 23.2 Å². The monoisotopic (exact) mass is 677 g/mol. The minimum Gasteiger partial charge on any atom is -0.545 e. The molecule has 4 aliphatic heterocycles. The highest BCUT2D eigenvalue weighted by Crippen LogP contribution is 2.44. The minimum absolute atomic E-state index is 0.0533. The number of benzene rings is 2. The molecule has 2 aromatic carbocycles. The molecule has 3 saturated heterocycles. The summed E-state index contributed by atoms with van der Waals surface area (Å²) >= 11 is 0. The lowest BCUT2D eigenvalue weighted by Crippen LogP contribution is -2.57. The average Bonchev–Trinajstić information content (AvgIpc) is 3.34. The average molecular weight is 678 g/mol. The van der Waals surface area contributed by atoms with Gasteiger partial charge in [0.25, 0.3) is 17.7 Å². The zero-order chi connectivity index (χ0) is 34.3. The van der Waals surface area contributed by atoms with E-state index >= 15 is 0 Å². The Labute approximate surface area is 272 Å². The summed E-state index contributed by atoms with van der Waals surface area (Å²) in [5, 5.41) is 14.3. The number of imide groups is 1. The number of anilines is 1. The van der Waals surface area contributed by atoms with Crippen LogP contribution in [-0.4, -0.2) is 85.2 Å². The summed E-state index contributed by atoms with van der Waals surface area (Å²) in [6.45, 7) is 4.21. The molecule has 0 aromatic heterocycles. The normalized spacial score (nSPS) is 23.6. The Balaban J connectivity index is 1.43. The van der Waals surface area contributed by atoms with Crippen LogP contribution < -0.4 is 15.2 Å². The number of alkyl halides is 4. The van der Waals surface area contributed by atoms with E-state index in [0.717, 1.165) is 6.07 Å². The van der Waals surface area contributed by atoms with Gasteiger partial charge >= 0.3 is 11.9 Å². The lowest BCUT2D eigenvalue weighted by Gasteiger charge is -2.43. The minimum atomic E-state index is -2.97. The van der Waals surface area contributed by atoms with Crippen molar-refractivity contribution in [2.24, 2.45) is 0 Å². The number of nitrogens with zero attached hydrogens (tertiary/aromatic N) is 3. The molecule has 0 spiro atoms. The van der Waals surface area contributed by atoms with Crippen molar-refractivity contribution >= 4 is 54.0 Å². The largest absolute Gasteiger partial charge is 0.545 e. The van der Waals surface area contributed by atoms with E-state index in [0.29, 0.717) is 43.6 Å². The van der Waals surface area contributed by atoms with Crippen LogP contribution in [0.5, 0.6) is 0 Å². The molecule has 2 amide bonds. The molecule has 7 rings (SSSR count). The number of fused-ring (bicyclic) bond motifs is 2. The molecule has 1 atom stereocenters. The first-order valence-electron chi connectivity index (χ1n) is 15.1. The molecule has 2 aromatic rings. The number of allylic oxidation sites excluding steroid dienone is 5. The molecule has 0 saturated carbocycles. The number of rotatable bonds is 6. The second-order valence-electron chi connectivity index (χ2n) is 12.7. The van der Waals surface area contributed by atoms with Gasteiger partial charge in [-0.3, -0.25) is 9.59 Å². The Hall–Kier alpha value is -5.11. The molecule has 9 nitrogen and oxygen atoms in total. The van der Waals surface area contributed by atoms with Gasteiger partial charge in [0.2, 0.25) is 13.1 Å². The van der Waals surface area contributed by atoms with Gasteiger partial charge in [-0.15, -0.1) is 11.6 Å². The number of carboxylic acids is 1. The molecule has 5 aliphatic rings. The number of halogens is 4. The van der Waals surface area contributed by atoms with Crippen LogP contribution in [0.3, 0.4) is 0 Å².